The standard InChI is InChI=1S/C16H15F3N2O3S/c17-16(18,19)24-12-3-1-2-10(6-12)8-21-5-4-13-11(9-21)7-14(25-13)15(22)20-23/h1-3,6-7,23H,4-5,8-9H2,(H,20,22). The van der Waals surface area contributed by atoms with Gasteiger partial charge in [-0.15, -0.1) is 24.5 Å². The van der Waals surface area contributed by atoms with Gasteiger partial charge in [-0.3, -0.25) is 14.9 Å². The molecule has 25 heavy (non-hydrogen) atoms. The summed E-state index contributed by atoms with van der Waals surface area (Å²) in [4.78, 5) is 15.1. The van der Waals surface area contributed by atoms with E-state index in [1.807, 2.05) is 0 Å². The van der Waals surface area contributed by atoms with Crippen LogP contribution in [0.2, 0.25) is 0 Å². The van der Waals surface area contributed by atoms with E-state index in [1.165, 1.54) is 29.5 Å². The molecule has 2 aromatic rings. The Bertz CT molecular complexity index is 776. The second-order valence-electron chi connectivity index (χ2n) is 5.66. The number of nitrogens with zero attached hydrogens (tertiary/aromatic N) is 1. The normalized spacial score (nSPS) is 14.9. The number of carbonyl (C=O) groups is 1. The number of fused-ring (bicyclic) bond motifs is 1. The van der Waals surface area contributed by atoms with Gasteiger partial charge in [-0.05, 0) is 35.7 Å². The first kappa shape index (κ1) is 17.7. The molecule has 1 aromatic heterocycles. The van der Waals surface area contributed by atoms with Crippen molar-refractivity contribution in [2.24, 2.45) is 0 Å². The Morgan fingerprint density at radius 3 is 2.88 bits per heavy atom. The lowest BCUT2D eigenvalue weighted by Crippen LogP contribution is -2.29. The summed E-state index contributed by atoms with van der Waals surface area (Å²) in [7, 11) is 0. The van der Waals surface area contributed by atoms with Gasteiger partial charge in [-0.1, -0.05) is 12.1 Å². The fraction of sp³-hybridized carbons (Fsp3) is 0.312. The highest BCUT2D eigenvalue weighted by Gasteiger charge is 2.31. The second-order valence-corrected chi connectivity index (χ2v) is 6.79. The number of amides is 1. The van der Waals surface area contributed by atoms with Gasteiger partial charge in [0.25, 0.3) is 5.91 Å². The van der Waals surface area contributed by atoms with E-state index in [4.69, 9.17) is 5.21 Å². The highest BCUT2D eigenvalue weighted by molar-refractivity contribution is 7.14. The van der Waals surface area contributed by atoms with E-state index >= 15 is 0 Å². The van der Waals surface area contributed by atoms with Crippen molar-refractivity contribution in [3.05, 3.63) is 51.2 Å². The molecule has 1 aliphatic heterocycles. The van der Waals surface area contributed by atoms with Gasteiger partial charge < -0.3 is 4.74 Å². The van der Waals surface area contributed by atoms with Crippen molar-refractivity contribution in [3.8, 4) is 5.75 Å². The molecule has 0 bridgehead atoms. The number of halogens is 3. The molecule has 0 atom stereocenters. The minimum atomic E-state index is -4.71. The number of nitrogens with one attached hydrogen (secondary N) is 1. The maximum atomic E-state index is 12.3. The maximum Gasteiger partial charge on any atom is 0.573 e. The number of benzene rings is 1. The first-order valence-electron chi connectivity index (χ1n) is 7.47. The van der Waals surface area contributed by atoms with Gasteiger partial charge in [-0.2, -0.15) is 0 Å². The van der Waals surface area contributed by atoms with E-state index in [0.717, 1.165) is 23.4 Å². The summed E-state index contributed by atoms with van der Waals surface area (Å²) in [5, 5.41) is 8.71. The fourth-order valence-corrected chi connectivity index (χ4v) is 3.85. The molecule has 2 heterocycles. The van der Waals surface area contributed by atoms with Crippen molar-refractivity contribution >= 4 is 17.2 Å². The highest BCUT2D eigenvalue weighted by Crippen LogP contribution is 2.29. The van der Waals surface area contributed by atoms with E-state index in [2.05, 4.69) is 9.64 Å². The number of rotatable bonds is 4. The van der Waals surface area contributed by atoms with Gasteiger partial charge >= 0.3 is 6.36 Å². The summed E-state index contributed by atoms with van der Waals surface area (Å²) in [6.45, 7) is 1.80. The molecule has 2 N–H and O–H groups in total. The molecule has 0 spiro atoms. The van der Waals surface area contributed by atoms with Crippen molar-refractivity contribution < 1.29 is 27.9 Å². The smallest absolute Gasteiger partial charge is 0.406 e. The molecule has 3 rings (SSSR count). The van der Waals surface area contributed by atoms with Crippen LogP contribution >= 0.6 is 11.3 Å². The molecule has 0 fully saturated rings. The Morgan fingerprint density at radius 2 is 2.16 bits per heavy atom. The van der Waals surface area contributed by atoms with Gasteiger partial charge in [0.2, 0.25) is 0 Å². The molecule has 0 unspecified atom stereocenters. The molecule has 134 valence electrons. The van der Waals surface area contributed by atoms with Crippen molar-refractivity contribution in [2.45, 2.75) is 25.9 Å². The van der Waals surface area contributed by atoms with Crippen LogP contribution in [0.15, 0.2) is 30.3 Å². The minimum absolute atomic E-state index is 0.236. The van der Waals surface area contributed by atoms with Gasteiger partial charge in [-0.25, -0.2) is 5.48 Å². The molecular weight excluding hydrogens is 357 g/mol. The first-order valence-corrected chi connectivity index (χ1v) is 8.29. The predicted molar refractivity (Wildman–Crippen MR) is 84.5 cm³/mol. The number of hydrogen-bond acceptors (Lipinski definition) is 5. The van der Waals surface area contributed by atoms with E-state index < -0.39 is 12.3 Å². The minimum Gasteiger partial charge on any atom is -0.406 e. The quantitative estimate of drug-likeness (QED) is 0.639. The second kappa shape index (κ2) is 7.03. The number of hydrogen-bond donors (Lipinski definition) is 2. The predicted octanol–water partition coefficient (Wildman–Crippen LogP) is 3.32. The van der Waals surface area contributed by atoms with Gasteiger partial charge in [0.05, 0.1) is 4.88 Å². The Morgan fingerprint density at radius 1 is 1.36 bits per heavy atom. The lowest BCUT2D eigenvalue weighted by molar-refractivity contribution is -0.274. The molecular formula is C16H15F3N2O3S. The zero-order valence-electron chi connectivity index (χ0n) is 13.0. The number of ether oxygens (including phenoxy) is 1. The number of hydroxylamine groups is 1. The average molecular weight is 372 g/mol. The zero-order valence-corrected chi connectivity index (χ0v) is 13.8. The van der Waals surface area contributed by atoms with Gasteiger partial charge in [0, 0.05) is 24.5 Å². The molecule has 1 aromatic carbocycles. The van der Waals surface area contributed by atoms with Crippen LogP contribution in [-0.4, -0.2) is 28.9 Å². The summed E-state index contributed by atoms with van der Waals surface area (Å²) in [5.74, 6) is -0.775. The lowest BCUT2D eigenvalue weighted by atomic mass is 10.1. The molecule has 1 amide bonds. The molecule has 9 heteroatoms. The Hall–Kier alpha value is -2.10. The van der Waals surface area contributed by atoms with E-state index in [1.54, 1.807) is 17.6 Å². The summed E-state index contributed by atoms with van der Waals surface area (Å²) in [6.07, 6.45) is -3.96. The largest absolute Gasteiger partial charge is 0.573 e. The van der Waals surface area contributed by atoms with Crippen LogP contribution < -0.4 is 10.2 Å². The van der Waals surface area contributed by atoms with Gasteiger partial charge in [0.1, 0.15) is 5.75 Å². The van der Waals surface area contributed by atoms with Crippen LogP contribution in [-0.2, 0) is 19.5 Å². The third-order valence-corrected chi connectivity index (χ3v) is 5.05. The summed E-state index contributed by atoms with van der Waals surface area (Å²) < 4.78 is 40.9. The summed E-state index contributed by atoms with van der Waals surface area (Å²) in [5.41, 5.74) is 3.33. The van der Waals surface area contributed by atoms with Crippen molar-refractivity contribution in [1.82, 2.24) is 10.4 Å². The Balaban J connectivity index is 1.68. The topological polar surface area (TPSA) is 61.8 Å². The van der Waals surface area contributed by atoms with Crippen molar-refractivity contribution in [2.75, 3.05) is 6.54 Å². The van der Waals surface area contributed by atoms with Crippen LogP contribution in [0.3, 0.4) is 0 Å². The third kappa shape index (κ3) is 4.50. The van der Waals surface area contributed by atoms with Crippen molar-refractivity contribution in [1.29, 1.82) is 0 Å². The molecule has 0 saturated heterocycles. The van der Waals surface area contributed by atoms with Crippen LogP contribution in [0.1, 0.15) is 25.7 Å². The maximum absolute atomic E-state index is 12.3. The molecule has 1 aliphatic rings. The van der Waals surface area contributed by atoms with E-state index in [0.29, 0.717) is 23.5 Å². The number of alkyl halides is 3. The van der Waals surface area contributed by atoms with Crippen LogP contribution in [0.5, 0.6) is 5.75 Å². The summed E-state index contributed by atoms with van der Waals surface area (Å²) >= 11 is 1.34. The van der Waals surface area contributed by atoms with Gasteiger partial charge in [0.15, 0.2) is 0 Å². The van der Waals surface area contributed by atoms with Crippen molar-refractivity contribution in [3.63, 3.8) is 0 Å². The fourth-order valence-electron chi connectivity index (χ4n) is 2.79. The van der Waals surface area contributed by atoms with Crippen LogP contribution in [0.4, 0.5) is 13.2 Å². The zero-order chi connectivity index (χ0) is 18.0. The Kier molecular flexibility index (Phi) is 4.98. The third-order valence-electron chi connectivity index (χ3n) is 3.81. The SMILES string of the molecule is O=C(NO)c1cc2c(s1)CCN(Cc1cccc(OC(F)(F)F)c1)C2. The van der Waals surface area contributed by atoms with E-state index in [-0.39, 0.29) is 5.75 Å². The van der Waals surface area contributed by atoms with Crippen LogP contribution in [0.25, 0.3) is 0 Å². The monoisotopic (exact) mass is 372 g/mol. The summed E-state index contributed by atoms with van der Waals surface area (Å²) in [6, 6.07) is 7.66. The molecule has 0 aliphatic carbocycles. The lowest BCUT2D eigenvalue weighted by Gasteiger charge is -2.26. The number of carbonyl (C=O) groups excluding carboxylic acids is 1. The average Bonchev–Trinajstić information content (AvgIpc) is 2.96. The van der Waals surface area contributed by atoms with Crippen LogP contribution in [0, 0.1) is 0 Å². The molecule has 5 nitrogen and oxygen atoms in total. The molecule has 0 radical (unpaired) electrons. The Labute approximate surface area is 145 Å². The van der Waals surface area contributed by atoms with E-state index in [9.17, 15) is 18.0 Å². The first-order chi connectivity index (χ1) is 11.8. The highest BCUT2D eigenvalue weighted by atomic mass is 32.1. The number of thiophene rings is 1. The molecule has 0 saturated carbocycles.